The van der Waals surface area contributed by atoms with Gasteiger partial charge in [0.15, 0.2) is 0 Å². The molecule has 0 unspecified atom stereocenters. The lowest BCUT2D eigenvalue weighted by molar-refractivity contribution is 0.191. The molecule has 0 aliphatic rings. The standard InChI is InChI=1S/C14H15ClO2S/c1-10(16)13-8-12(15)2-3-14(13)17-6-4-11-5-7-18-9-11/h2-3,5,7-10,16H,4,6H2,1H3/t10-/m0/s1. The fourth-order valence-corrected chi connectivity index (χ4v) is 2.57. The third kappa shape index (κ3) is 3.48. The first kappa shape index (κ1) is 13.4. The predicted molar refractivity (Wildman–Crippen MR) is 75.6 cm³/mol. The molecule has 2 nitrogen and oxygen atoms in total. The fourth-order valence-electron chi connectivity index (χ4n) is 1.69. The highest BCUT2D eigenvalue weighted by molar-refractivity contribution is 7.07. The summed E-state index contributed by atoms with van der Waals surface area (Å²) in [5, 5.41) is 14.4. The number of aliphatic hydroxyl groups excluding tert-OH is 1. The lowest BCUT2D eigenvalue weighted by atomic mass is 10.1. The second kappa shape index (κ2) is 6.23. The maximum absolute atomic E-state index is 9.68. The van der Waals surface area contributed by atoms with Gasteiger partial charge in [0.25, 0.3) is 0 Å². The van der Waals surface area contributed by atoms with Crippen LogP contribution in [0.4, 0.5) is 0 Å². The van der Waals surface area contributed by atoms with Gasteiger partial charge < -0.3 is 9.84 Å². The topological polar surface area (TPSA) is 29.5 Å². The summed E-state index contributed by atoms with van der Waals surface area (Å²) in [6.45, 7) is 2.30. The van der Waals surface area contributed by atoms with Gasteiger partial charge in [-0.1, -0.05) is 11.6 Å². The van der Waals surface area contributed by atoms with Gasteiger partial charge in [-0.15, -0.1) is 0 Å². The van der Waals surface area contributed by atoms with E-state index in [9.17, 15) is 5.11 Å². The van der Waals surface area contributed by atoms with Crippen LogP contribution in [0.25, 0.3) is 0 Å². The number of hydrogen-bond acceptors (Lipinski definition) is 3. The summed E-state index contributed by atoms with van der Waals surface area (Å²) in [6, 6.07) is 7.41. The normalized spacial score (nSPS) is 12.4. The van der Waals surface area contributed by atoms with Crippen molar-refractivity contribution >= 4 is 22.9 Å². The van der Waals surface area contributed by atoms with Crippen molar-refractivity contribution in [1.29, 1.82) is 0 Å². The Kier molecular flexibility index (Phi) is 4.64. The first-order chi connectivity index (χ1) is 8.66. The third-order valence-corrected chi connectivity index (χ3v) is 3.62. The summed E-state index contributed by atoms with van der Waals surface area (Å²) in [6.07, 6.45) is 0.283. The SMILES string of the molecule is C[C@H](O)c1cc(Cl)ccc1OCCc1ccsc1. The Labute approximate surface area is 116 Å². The largest absolute Gasteiger partial charge is 0.493 e. The van der Waals surface area contributed by atoms with Crippen molar-refractivity contribution in [2.45, 2.75) is 19.4 Å². The van der Waals surface area contributed by atoms with E-state index >= 15 is 0 Å². The summed E-state index contributed by atoms with van der Waals surface area (Å²) in [4.78, 5) is 0. The zero-order valence-corrected chi connectivity index (χ0v) is 11.7. The van der Waals surface area contributed by atoms with E-state index in [1.54, 1.807) is 36.5 Å². The van der Waals surface area contributed by atoms with E-state index < -0.39 is 6.10 Å². The Morgan fingerprint density at radius 2 is 2.22 bits per heavy atom. The van der Waals surface area contributed by atoms with Gasteiger partial charge in [-0.2, -0.15) is 11.3 Å². The molecule has 0 aliphatic carbocycles. The molecule has 1 aromatic heterocycles. The Morgan fingerprint density at radius 3 is 2.89 bits per heavy atom. The molecular weight excluding hydrogens is 268 g/mol. The van der Waals surface area contributed by atoms with Gasteiger partial charge in [-0.3, -0.25) is 0 Å². The molecule has 2 aromatic rings. The maximum atomic E-state index is 9.68. The molecular formula is C14H15ClO2S. The Hall–Kier alpha value is -1.03. The average Bonchev–Trinajstić information content (AvgIpc) is 2.84. The fraction of sp³-hybridized carbons (Fsp3) is 0.286. The quantitative estimate of drug-likeness (QED) is 0.895. The molecule has 0 amide bonds. The molecule has 0 spiro atoms. The van der Waals surface area contributed by atoms with E-state index in [0.717, 1.165) is 12.0 Å². The van der Waals surface area contributed by atoms with Crippen molar-refractivity contribution in [2.24, 2.45) is 0 Å². The van der Waals surface area contributed by atoms with Crippen molar-refractivity contribution in [3.63, 3.8) is 0 Å². The van der Waals surface area contributed by atoms with Crippen molar-refractivity contribution in [2.75, 3.05) is 6.61 Å². The summed E-state index contributed by atoms with van der Waals surface area (Å²) in [5.41, 5.74) is 2.00. The lowest BCUT2D eigenvalue weighted by Crippen LogP contribution is -2.04. The van der Waals surface area contributed by atoms with Crippen molar-refractivity contribution < 1.29 is 9.84 Å². The van der Waals surface area contributed by atoms with Gasteiger partial charge in [-0.05, 0) is 47.5 Å². The molecule has 1 N–H and O–H groups in total. The molecule has 1 aromatic carbocycles. The zero-order valence-electron chi connectivity index (χ0n) is 10.1. The van der Waals surface area contributed by atoms with Crippen LogP contribution in [0.1, 0.15) is 24.2 Å². The van der Waals surface area contributed by atoms with Crippen LogP contribution < -0.4 is 4.74 Å². The van der Waals surface area contributed by atoms with Gasteiger partial charge in [0.2, 0.25) is 0 Å². The zero-order chi connectivity index (χ0) is 13.0. The molecule has 0 aliphatic heterocycles. The number of aliphatic hydroxyl groups is 1. The molecule has 0 fully saturated rings. The third-order valence-electron chi connectivity index (χ3n) is 2.65. The minimum absolute atomic E-state index is 0.583. The maximum Gasteiger partial charge on any atom is 0.125 e. The smallest absolute Gasteiger partial charge is 0.125 e. The highest BCUT2D eigenvalue weighted by Crippen LogP contribution is 2.28. The first-order valence-electron chi connectivity index (χ1n) is 5.78. The minimum Gasteiger partial charge on any atom is -0.493 e. The number of hydrogen-bond donors (Lipinski definition) is 1. The van der Waals surface area contributed by atoms with Crippen LogP contribution in [0.2, 0.25) is 5.02 Å². The Bertz CT molecular complexity index is 495. The van der Waals surface area contributed by atoms with E-state index in [0.29, 0.717) is 17.4 Å². The van der Waals surface area contributed by atoms with Gasteiger partial charge in [-0.25, -0.2) is 0 Å². The Morgan fingerprint density at radius 1 is 1.39 bits per heavy atom. The van der Waals surface area contributed by atoms with Crippen LogP contribution in [0, 0.1) is 0 Å². The molecule has 0 saturated heterocycles. The minimum atomic E-state index is -0.583. The van der Waals surface area contributed by atoms with Crippen molar-refractivity contribution in [3.8, 4) is 5.75 Å². The highest BCUT2D eigenvalue weighted by atomic mass is 35.5. The molecule has 2 rings (SSSR count). The number of rotatable bonds is 5. The van der Waals surface area contributed by atoms with Crippen molar-refractivity contribution in [1.82, 2.24) is 0 Å². The van der Waals surface area contributed by atoms with Crippen LogP contribution in [0.5, 0.6) is 5.75 Å². The number of halogens is 1. The molecule has 0 saturated carbocycles. The van der Waals surface area contributed by atoms with E-state index in [1.807, 2.05) is 0 Å². The number of thiophene rings is 1. The highest BCUT2D eigenvalue weighted by Gasteiger charge is 2.09. The molecule has 0 bridgehead atoms. The van der Waals surface area contributed by atoms with E-state index in [1.165, 1.54) is 5.56 Å². The molecule has 4 heteroatoms. The van der Waals surface area contributed by atoms with E-state index in [-0.39, 0.29) is 0 Å². The van der Waals surface area contributed by atoms with Gasteiger partial charge in [0.05, 0.1) is 12.7 Å². The van der Waals surface area contributed by atoms with Crippen LogP contribution in [-0.2, 0) is 6.42 Å². The number of ether oxygens (including phenoxy) is 1. The first-order valence-corrected chi connectivity index (χ1v) is 7.10. The molecule has 1 heterocycles. The van der Waals surface area contributed by atoms with Crippen LogP contribution in [-0.4, -0.2) is 11.7 Å². The molecule has 1 atom stereocenters. The lowest BCUT2D eigenvalue weighted by Gasteiger charge is -2.13. The van der Waals surface area contributed by atoms with Gasteiger partial charge in [0, 0.05) is 17.0 Å². The van der Waals surface area contributed by atoms with Crippen molar-refractivity contribution in [3.05, 3.63) is 51.2 Å². The summed E-state index contributed by atoms with van der Waals surface area (Å²) in [7, 11) is 0. The summed E-state index contributed by atoms with van der Waals surface area (Å²) < 4.78 is 5.71. The molecule has 18 heavy (non-hydrogen) atoms. The van der Waals surface area contributed by atoms with Gasteiger partial charge >= 0.3 is 0 Å². The monoisotopic (exact) mass is 282 g/mol. The van der Waals surface area contributed by atoms with Crippen LogP contribution in [0.3, 0.4) is 0 Å². The van der Waals surface area contributed by atoms with E-state index in [2.05, 4.69) is 16.8 Å². The average molecular weight is 283 g/mol. The van der Waals surface area contributed by atoms with Crippen LogP contribution in [0.15, 0.2) is 35.0 Å². The molecule has 96 valence electrons. The summed E-state index contributed by atoms with van der Waals surface area (Å²) >= 11 is 7.59. The van der Waals surface area contributed by atoms with Crippen LogP contribution >= 0.6 is 22.9 Å². The number of benzene rings is 1. The Balaban J connectivity index is 2.00. The molecule has 0 radical (unpaired) electrons. The van der Waals surface area contributed by atoms with Gasteiger partial charge in [0.1, 0.15) is 5.75 Å². The second-order valence-electron chi connectivity index (χ2n) is 4.09. The second-order valence-corrected chi connectivity index (χ2v) is 5.30. The predicted octanol–water partition coefficient (Wildman–Crippen LogP) is 4.08. The van der Waals surface area contributed by atoms with E-state index in [4.69, 9.17) is 16.3 Å². The summed E-state index contributed by atoms with van der Waals surface area (Å²) in [5.74, 6) is 0.699.